The third-order valence-electron chi connectivity index (χ3n) is 2.55. The zero-order valence-corrected chi connectivity index (χ0v) is 12.5. The highest BCUT2D eigenvalue weighted by atomic mass is 79.9. The third-order valence-corrected chi connectivity index (χ3v) is 3.36. The molecular weight excluding hydrogens is 314 g/mol. The van der Waals surface area contributed by atoms with Crippen LogP contribution in [0.1, 0.15) is 18.9 Å². The fourth-order valence-corrected chi connectivity index (χ4v) is 2.42. The molecule has 1 aromatic heterocycles. The van der Waals surface area contributed by atoms with Crippen LogP contribution in [0.3, 0.4) is 0 Å². The van der Waals surface area contributed by atoms with E-state index in [0.717, 1.165) is 35.2 Å². The van der Waals surface area contributed by atoms with Gasteiger partial charge in [-0.2, -0.15) is 5.10 Å². The lowest BCUT2D eigenvalue weighted by Crippen LogP contribution is -1.99. The van der Waals surface area contributed by atoms with Gasteiger partial charge in [-0.05, 0) is 24.6 Å². The van der Waals surface area contributed by atoms with Gasteiger partial charge in [-0.25, -0.2) is 0 Å². The number of nitrogens with one attached hydrogen (secondary N) is 1. The molecular formula is C13H15BrClN3. The summed E-state index contributed by atoms with van der Waals surface area (Å²) >= 11 is 9.52. The van der Waals surface area contributed by atoms with Gasteiger partial charge in [-0.1, -0.05) is 34.5 Å². The molecule has 0 atom stereocenters. The quantitative estimate of drug-likeness (QED) is 0.886. The monoisotopic (exact) mass is 327 g/mol. The molecule has 1 N–H and O–H groups in total. The fraction of sp³-hybridized carbons (Fsp3) is 0.308. The SMILES string of the molecule is CCCn1cc(CNc2ccc(Br)cc2Cl)cn1. The van der Waals surface area contributed by atoms with Crippen LogP contribution in [0, 0.1) is 0 Å². The minimum Gasteiger partial charge on any atom is -0.380 e. The van der Waals surface area contributed by atoms with Crippen molar-refractivity contribution >= 4 is 33.2 Å². The zero-order valence-electron chi connectivity index (χ0n) is 10.2. The summed E-state index contributed by atoms with van der Waals surface area (Å²) in [4.78, 5) is 0. The van der Waals surface area contributed by atoms with Crippen molar-refractivity contribution in [3.05, 3.63) is 45.7 Å². The number of hydrogen-bond acceptors (Lipinski definition) is 2. The van der Waals surface area contributed by atoms with Crippen LogP contribution < -0.4 is 5.32 Å². The molecule has 0 saturated carbocycles. The number of rotatable bonds is 5. The van der Waals surface area contributed by atoms with Gasteiger partial charge in [-0.15, -0.1) is 0 Å². The molecule has 0 spiro atoms. The third kappa shape index (κ3) is 3.50. The molecule has 0 bridgehead atoms. The van der Waals surface area contributed by atoms with Crippen molar-refractivity contribution in [2.45, 2.75) is 26.4 Å². The van der Waals surface area contributed by atoms with Gasteiger partial charge in [0.25, 0.3) is 0 Å². The van der Waals surface area contributed by atoms with Gasteiger partial charge in [0.05, 0.1) is 16.9 Å². The maximum Gasteiger partial charge on any atom is 0.0648 e. The molecule has 18 heavy (non-hydrogen) atoms. The van der Waals surface area contributed by atoms with E-state index in [1.54, 1.807) is 0 Å². The van der Waals surface area contributed by atoms with Crippen LogP contribution in [-0.4, -0.2) is 9.78 Å². The van der Waals surface area contributed by atoms with E-state index in [2.05, 4.69) is 39.5 Å². The van der Waals surface area contributed by atoms with Gasteiger partial charge >= 0.3 is 0 Å². The standard InChI is InChI=1S/C13H15BrClN3/c1-2-5-18-9-10(8-17-18)7-16-13-4-3-11(14)6-12(13)15/h3-4,6,8-9,16H,2,5,7H2,1H3. The first kappa shape index (κ1) is 13.4. The number of anilines is 1. The smallest absolute Gasteiger partial charge is 0.0648 e. The van der Waals surface area contributed by atoms with Crippen molar-refractivity contribution in [1.82, 2.24) is 9.78 Å². The lowest BCUT2D eigenvalue weighted by atomic mass is 10.3. The molecule has 0 aliphatic rings. The molecule has 0 aliphatic carbocycles. The van der Waals surface area contributed by atoms with Crippen LogP contribution in [-0.2, 0) is 13.1 Å². The van der Waals surface area contributed by atoms with Crippen molar-refractivity contribution in [3.63, 3.8) is 0 Å². The maximum absolute atomic E-state index is 6.14. The Morgan fingerprint density at radius 2 is 2.28 bits per heavy atom. The Bertz CT molecular complexity index is 525. The Hall–Kier alpha value is -1.00. The summed E-state index contributed by atoms with van der Waals surface area (Å²) in [7, 11) is 0. The second-order valence-corrected chi connectivity index (χ2v) is 5.41. The average molecular weight is 329 g/mol. The zero-order chi connectivity index (χ0) is 13.0. The highest BCUT2D eigenvalue weighted by molar-refractivity contribution is 9.10. The molecule has 2 rings (SSSR count). The molecule has 0 unspecified atom stereocenters. The van der Waals surface area contributed by atoms with Crippen LogP contribution >= 0.6 is 27.5 Å². The normalized spacial score (nSPS) is 10.6. The van der Waals surface area contributed by atoms with Crippen LogP contribution in [0.2, 0.25) is 5.02 Å². The Kier molecular flexibility index (Phi) is 4.66. The number of aromatic nitrogens is 2. The predicted molar refractivity (Wildman–Crippen MR) is 79.0 cm³/mol. The number of aryl methyl sites for hydroxylation is 1. The molecule has 2 aromatic rings. The summed E-state index contributed by atoms with van der Waals surface area (Å²) in [6.45, 7) is 3.82. The summed E-state index contributed by atoms with van der Waals surface area (Å²) in [5.41, 5.74) is 2.09. The van der Waals surface area contributed by atoms with Gasteiger partial charge in [0.1, 0.15) is 0 Å². The molecule has 5 heteroatoms. The van der Waals surface area contributed by atoms with Crippen LogP contribution in [0.4, 0.5) is 5.69 Å². The van der Waals surface area contributed by atoms with Gasteiger partial charge < -0.3 is 5.32 Å². The van der Waals surface area contributed by atoms with E-state index in [1.807, 2.05) is 29.1 Å². The summed E-state index contributed by atoms with van der Waals surface area (Å²) in [6, 6.07) is 5.81. The van der Waals surface area contributed by atoms with Gasteiger partial charge in [0, 0.05) is 29.3 Å². The van der Waals surface area contributed by atoms with Gasteiger partial charge in [0.15, 0.2) is 0 Å². The Morgan fingerprint density at radius 3 is 3.00 bits per heavy atom. The molecule has 96 valence electrons. The molecule has 1 aromatic carbocycles. The van der Waals surface area contributed by atoms with E-state index in [-0.39, 0.29) is 0 Å². The summed E-state index contributed by atoms with van der Waals surface area (Å²) in [5, 5.41) is 8.31. The second-order valence-electron chi connectivity index (χ2n) is 4.09. The molecule has 0 aliphatic heterocycles. The highest BCUT2D eigenvalue weighted by Gasteiger charge is 2.02. The van der Waals surface area contributed by atoms with Gasteiger partial charge in [0.2, 0.25) is 0 Å². The molecule has 0 amide bonds. The Labute approximate surface area is 120 Å². The summed E-state index contributed by atoms with van der Waals surface area (Å²) in [6.07, 6.45) is 5.03. The lowest BCUT2D eigenvalue weighted by Gasteiger charge is -2.07. The van der Waals surface area contributed by atoms with E-state index in [0.29, 0.717) is 5.02 Å². The van der Waals surface area contributed by atoms with Crippen molar-refractivity contribution in [3.8, 4) is 0 Å². The van der Waals surface area contributed by atoms with E-state index in [1.165, 1.54) is 0 Å². The first-order valence-electron chi connectivity index (χ1n) is 5.89. The number of nitrogens with zero attached hydrogens (tertiary/aromatic N) is 2. The molecule has 0 radical (unpaired) electrons. The number of halogens is 2. The highest BCUT2D eigenvalue weighted by Crippen LogP contribution is 2.25. The number of hydrogen-bond donors (Lipinski definition) is 1. The minimum atomic E-state index is 0.713. The Balaban J connectivity index is 1.97. The van der Waals surface area contributed by atoms with E-state index >= 15 is 0 Å². The van der Waals surface area contributed by atoms with Crippen LogP contribution in [0.5, 0.6) is 0 Å². The minimum absolute atomic E-state index is 0.713. The van der Waals surface area contributed by atoms with Crippen molar-refractivity contribution < 1.29 is 0 Å². The van der Waals surface area contributed by atoms with E-state index < -0.39 is 0 Å². The molecule has 0 fully saturated rings. The fourth-order valence-electron chi connectivity index (χ4n) is 1.68. The van der Waals surface area contributed by atoms with Crippen LogP contribution in [0.25, 0.3) is 0 Å². The van der Waals surface area contributed by atoms with E-state index in [9.17, 15) is 0 Å². The van der Waals surface area contributed by atoms with Gasteiger partial charge in [-0.3, -0.25) is 4.68 Å². The van der Waals surface area contributed by atoms with Crippen molar-refractivity contribution in [1.29, 1.82) is 0 Å². The Morgan fingerprint density at radius 1 is 1.44 bits per heavy atom. The summed E-state index contributed by atoms with van der Waals surface area (Å²) in [5.74, 6) is 0. The van der Waals surface area contributed by atoms with Crippen LogP contribution in [0.15, 0.2) is 35.1 Å². The molecule has 1 heterocycles. The summed E-state index contributed by atoms with van der Waals surface area (Å²) < 4.78 is 2.94. The molecule has 3 nitrogen and oxygen atoms in total. The topological polar surface area (TPSA) is 29.9 Å². The average Bonchev–Trinajstić information content (AvgIpc) is 2.76. The first-order valence-corrected chi connectivity index (χ1v) is 7.06. The van der Waals surface area contributed by atoms with E-state index in [4.69, 9.17) is 11.6 Å². The van der Waals surface area contributed by atoms with Crippen molar-refractivity contribution in [2.75, 3.05) is 5.32 Å². The second kappa shape index (κ2) is 6.25. The van der Waals surface area contributed by atoms with Crippen molar-refractivity contribution in [2.24, 2.45) is 0 Å². The maximum atomic E-state index is 6.14. The molecule has 0 saturated heterocycles. The first-order chi connectivity index (χ1) is 8.69. The number of benzene rings is 1. The predicted octanol–water partition coefficient (Wildman–Crippen LogP) is 4.32. The lowest BCUT2D eigenvalue weighted by molar-refractivity contribution is 0.602. The largest absolute Gasteiger partial charge is 0.380 e.